The van der Waals surface area contributed by atoms with Gasteiger partial charge in [-0.15, -0.1) is 0 Å². The third-order valence-electron chi connectivity index (χ3n) is 13.1. The summed E-state index contributed by atoms with van der Waals surface area (Å²) in [5.74, 6) is 0.0395. The molecule has 8 N–H and O–H groups in total. The third kappa shape index (κ3) is 16.9. The number of rotatable bonds is 20. The Morgan fingerprint density at radius 2 is 0.500 bits per heavy atom. The number of carbonyl (C=O) groups excluding carboxylic acids is 4. The van der Waals surface area contributed by atoms with Gasteiger partial charge in [-0.25, -0.2) is 0 Å². The van der Waals surface area contributed by atoms with Gasteiger partial charge in [0, 0.05) is 51.9 Å². The molecule has 0 radical (unpaired) electrons. The van der Waals surface area contributed by atoms with Crippen LogP contribution in [0, 0.1) is 0 Å². The van der Waals surface area contributed by atoms with E-state index in [1.165, 1.54) is 0 Å². The number of ether oxygens (including phenoxy) is 4. The highest BCUT2D eigenvalue weighted by atomic mass is 16.5. The first-order valence-electron chi connectivity index (χ1n) is 26.3. The van der Waals surface area contributed by atoms with E-state index in [0.29, 0.717) is 23.0 Å². The van der Waals surface area contributed by atoms with Crippen molar-refractivity contribution in [2.75, 3.05) is 79.0 Å². The lowest BCUT2D eigenvalue weighted by Gasteiger charge is -2.29. The van der Waals surface area contributed by atoms with Crippen LogP contribution >= 0.6 is 0 Å². The van der Waals surface area contributed by atoms with E-state index >= 15 is 0 Å². The predicted octanol–water partition coefficient (Wildman–Crippen LogP) is 5.50. The second-order valence-corrected chi connectivity index (χ2v) is 23.7. The zero-order valence-corrected chi connectivity index (χ0v) is 47.0. The molecule has 0 aliphatic heterocycles. The minimum absolute atomic E-state index is 0.0394. The molecule has 5 rings (SSSR count). The average Bonchev–Trinajstić information content (AvgIpc) is 3.33. The Hall–Kier alpha value is -6.20. The number of hydrogen-bond donors (Lipinski definition) is 8. The monoisotopic (exact) mass is 1050 g/mol. The summed E-state index contributed by atoms with van der Waals surface area (Å²) in [5.41, 5.74) is 8.11. The van der Waals surface area contributed by atoms with Crippen LogP contribution in [0.1, 0.15) is 150 Å². The van der Waals surface area contributed by atoms with Crippen molar-refractivity contribution in [3.05, 3.63) is 115 Å². The smallest absolute Gasteiger partial charge is 0.258 e. The topological polar surface area (TPSA) is 234 Å². The molecule has 8 bridgehead atoms. The lowest BCUT2D eigenvalue weighted by atomic mass is 9.79. The fourth-order valence-corrected chi connectivity index (χ4v) is 8.90. The summed E-state index contributed by atoms with van der Waals surface area (Å²) in [6.07, 6.45) is 0.827. The van der Waals surface area contributed by atoms with Crippen molar-refractivity contribution in [3.63, 3.8) is 0 Å². The van der Waals surface area contributed by atoms with Crippen molar-refractivity contribution in [1.29, 1.82) is 0 Å². The molecule has 0 saturated heterocycles. The van der Waals surface area contributed by atoms with Crippen LogP contribution < -0.4 is 40.2 Å². The molecule has 0 fully saturated rings. The van der Waals surface area contributed by atoms with Gasteiger partial charge in [-0.05, 0) is 88.4 Å². The summed E-state index contributed by atoms with van der Waals surface area (Å²) in [6.45, 7) is 23.1. The molecule has 1 aliphatic rings. The summed E-state index contributed by atoms with van der Waals surface area (Å²) < 4.78 is 26.8. The van der Waals surface area contributed by atoms with Gasteiger partial charge in [-0.3, -0.25) is 19.2 Å². The van der Waals surface area contributed by atoms with Crippen LogP contribution in [-0.4, -0.2) is 123 Å². The van der Waals surface area contributed by atoms with Crippen LogP contribution in [0.4, 0.5) is 0 Å². The van der Waals surface area contributed by atoms with Crippen LogP contribution in [-0.2, 0) is 66.5 Å². The second-order valence-electron chi connectivity index (χ2n) is 23.7. The maximum atomic E-state index is 13.4. The van der Waals surface area contributed by atoms with Gasteiger partial charge in [-0.1, -0.05) is 132 Å². The first-order chi connectivity index (χ1) is 35.7. The van der Waals surface area contributed by atoms with Crippen LogP contribution in [0.5, 0.6) is 23.0 Å². The minimum atomic E-state index is -0.433. The van der Waals surface area contributed by atoms with E-state index < -0.39 is 45.3 Å². The minimum Gasteiger partial charge on any atom is -0.483 e. The van der Waals surface area contributed by atoms with Crippen molar-refractivity contribution in [1.82, 2.24) is 21.3 Å². The summed E-state index contributed by atoms with van der Waals surface area (Å²) >= 11 is 0. The molecule has 416 valence electrons. The Morgan fingerprint density at radius 1 is 0.342 bits per heavy atom. The zero-order valence-electron chi connectivity index (χ0n) is 47.0. The fraction of sp³-hybridized carbons (Fsp3) is 0.533. The standard InChI is InChI=1S/C60H84N4O12/c1-57(2,3)45-25-37-21-39-27-46(58(4,5)6)29-41(54(39)74-34-50(70)62-14-18-66)23-43-31-48(60(10,11)12)32-44(56(43)76-36-52(72)64-16-20-68)24-42-30-47(59(7,8)9)28-40(55(42)75-35-51(71)63-15-19-67)22-38(26-45)53(37)73-33-49(69)61-13-17-65/h25-32,65-68H,13-24,33-36H2,1-12H3,(H,61,69)(H,62,70)(H,63,71)(H,64,72). The Bertz CT molecular complexity index is 2230. The molecule has 4 aromatic rings. The van der Waals surface area contributed by atoms with E-state index in [4.69, 9.17) is 18.9 Å². The summed E-state index contributed by atoms with van der Waals surface area (Å²) in [6, 6.07) is 16.7. The van der Waals surface area contributed by atoms with E-state index in [1.807, 2.05) is 0 Å². The van der Waals surface area contributed by atoms with Crippen LogP contribution in [0.15, 0.2) is 48.5 Å². The first-order valence-corrected chi connectivity index (χ1v) is 26.3. The van der Waals surface area contributed by atoms with Crippen molar-refractivity contribution in [2.45, 2.75) is 130 Å². The van der Waals surface area contributed by atoms with Crippen molar-refractivity contribution in [2.24, 2.45) is 0 Å². The molecule has 0 heterocycles. The maximum Gasteiger partial charge on any atom is 0.258 e. The highest BCUT2D eigenvalue weighted by Gasteiger charge is 2.30. The largest absolute Gasteiger partial charge is 0.483 e. The first kappa shape index (κ1) is 60.7. The Labute approximate surface area is 449 Å². The zero-order chi connectivity index (χ0) is 56.2. The SMILES string of the molecule is CC(C)(C)c1cc2c(OCC(=O)NCCO)c(c1)Cc1cc(C(C)(C)C)cc(c1OCC(=O)NCCO)Cc1cc(C(C)(C)C)cc(c1OCC(=O)NCCO)Cc1cc(C(C)(C)C)cc(c1OCC(=O)NCCO)C2. The number of aliphatic hydroxyl groups is 4. The van der Waals surface area contributed by atoms with E-state index in [0.717, 1.165) is 66.8 Å². The van der Waals surface area contributed by atoms with E-state index in [-0.39, 0.29) is 105 Å². The fourth-order valence-electron chi connectivity index (χ4n) is 8.90. The summed E-state index contributed by atoms with van der Waals surface area (Å²) in [7, 11) is 0. The van der Waals surface area contributed by atoms with E-state index in [1.54, 1.807) is 0 Å². The summed E-state index contributed by atoms with van der Waals surface area (Å²) in [4.78, 5) is 53.6. The van der Waals surface area contributed by atoms with Gasteiger partial charge in [0.1, 0.15) is 23.0 Å². The number of hydrogen-bond acceptors (Lipinski definition) is 12. The van der Waals surface area contributed by atoms with Gasteiger partial charge >= 0.3 is 0 Å². The van der Waals surface area contributed by atoms with E-state index in [2.05, 4.69) is 153 Å². The molecule has 16 nitrogen and oxygen atoms in total. The number of benzene rings is 4. The number of carbonyl (C=O) groups is 4. The van der Waals surface area contributed by atoms with Gasteiger partial charge in [-0.2, -0.15) is 0 Å². The van der Waals surface area contributed by atoms with Gasteiger partial charge in [0.05, 0.1) is 26.4 Å². The van der Waals surface area contributed by atoms with Crippen molar-refractivity contribution >= 4 is 23.6 Å². The molecule has 16 heteroatoms. The van der Waals surface area contributed by atoms with Gasteiger partial charge in [0.15, 0.2) is 26.4 Å². The normalized spacial score (nSPS) is 12.8. The van der Waals surface area contributed by atoms with Gasteiger partial charge < -0.3 is 60.6 Å². The highest BCUT2D eigenvalue weighted by Crippen LogP contribution is 2.44. The molecule has 4 amide bonds. The highest BCUT2D eigenvalue weighted by molar-refractivity contribution is 5.79. The maximum absolute atomic E-state index is 13.4. The van der Waals surface area contributed by atoms with Gasteiger partial charge in [0.25, 0.3) is 23.6 Å². The van der Waals surface area contributed by atoms with Crippen molar-refractivity contribution < 1.29 is 58.6 Å². The molecular formula is C60H84N4O12. The Morgan fingerprint density at radius 3 is 0.632 bits per heavy atom. The van der Waals surface area contributed by atoms with Crippen LogP contribution in [0.2, 0.25) is 0 Å². The predicted molar refractivity (Wildman–Crippen MR) is 294 cm³/mol. The molecule has 0 aromatic heterocycles. The molecule has 0 saturated carbocycles. The number of amides is 4. The van der Waals surface area contributed by atoms with Gasteiger partial charge in [0.2, 0.25) is 0 Å². The second kappa shape index (κ2) is 26.2. The third-order valence-corrected chi connectivity index (χ3v) is 13.1. The lowest BCUT2D eigenvalue weighted by molar-refractivity contribution is -0.124. The Kier molecular flexibility index (Phi) is 20.9. The van der Waals surface area contributed by atoms with Crippen LogP contribution in [0.25, 0.3) is 0 Å². The molecule has 4 aromatic carbocycles. The average molecular weight is 1050 g/mol. The van der Waals surface area contributed by atoms with Crippen LogP contribution in [0.3, 0.4) is 0 Å². The molecule has 0 unspecified atom stereocenters. The quantitative estimate of drug-likeness (QED) is 0.0483. The molecule has 0 atom stereocenters. The van der Waals surface area contributed by atoms with E-state index in [9.17, 15) is 39.6 Å². The lowest BCUT2D eigenvalue weighted by Crippen LogP contribution is -2.32. The Balaban J connectivity index is 2.02. The summed E-state index contributed by atoms with van der Waals surface area (Å²) in [5, 5.41) is 49.2. The molecule has 76 heavy (non-hydrogen) atoms. The molecule has 0 spiro atoms. The number of nitrogens with one attached hydrogen (secondary N) is 4. The number of aliphatic hydroxyl groups excluding tert-OH is 4. The number of fused-ring (bicyclic) bond motifs is 8. The molecule has 1 aliphatic carbocycles. The van der Waals surface area contributed by atoms with Crippen molar-refractivity contribution in [3.8, 4) is 23.0 Å². The molecular weight excluding hydrogens is 969 g/mol.